The highest BCUT2D eigenvalue weighted by Crippen LogP contribution is 2.32. The van der Waals surface area contributed by atoms with Crippen molar-refractivity contribution in [2.75, 3.05) is 0 Å². The molecule has 9 heterocycles. The van der Waals surface area contributed by atoms with Crippen LogP contribution in [0, 0.1) is 31.6 Å². The van der Waals surface area contributed by atoms with Gasteiger partial charge < -0.3 is 13.4 Å². The SMILES string of the molecule is C.CC.CC.CC.CC.CC.CC(C)(C)C.CC(C)(C)C.CC(C)(C)c1ccc2ccccc2n1.CC(C)(C)c1nc2ccccc2s1.CC(C)(C)c1nc2cccnc2s1.CC(C)(C)c1ncco1.CC(C)(C)c1nccs1.Cc1ncco1.Cc1nccs1.Cc1noc(C(C)(C)C)n1. The van der Waals surface area contributed by atoms with Gasteiger partial charge in [0.05, 0.1) is 43.1 Å². The first-order chi connectivity index (χ1) is 46.2. The molecule has 0 bridgehead atoms. The lowest BCUT2D eigenvalue weighted by atomic mass is 9.91. The largest absolute Gasteiger partial charge is 0.449 e. The van der Waals surface area contributed by atoms with E-state index < -0.39 is 0 Å². The molecule has 9 aromatic heterocycles. The fraction of sp³-hybridized carbons (Fsp3) is 0.571. The number of oxazole rings is 2. The number of nitrogens with zero attached hydrogens (tertiary/aromatic N) is 10. The maximum atomic E-state index is 5.09. The maximum absolute atomic E-state index is 5.09. The number of para-hydroxylation sites is 2. The zero-order valence-electron chi connectivity index (χ0n) is 70.0. The molecular weight excluding hydrogens is 1330 g/mol. The molecule has 101 heavy (non-hydrogen) atoms. The number of pyridine rings is 2. The first-order valence-electron chi connectivity index (χ1n) is 35.5. The highest BCUT2D eigenvalue weighted by atomic mass is 32.1. The lowest BCUT2D eigenvalue weighted by Crippen LogP contribution is -2.13. The predicted octanol–water partition coefficient (Wildman–Crippen LogP) is 28.5. The van der Waals surface area contributed by atoms with Crippen molar-refractivity contribution in [3.05, 3.63) is 176 Å². The molecule has 0 radical (unpaired) electrons. The molecule has 0 amide bonds. The molecule has 11 rings (SSSR count). The van der Waals surface area contributed by atoms with Crippen LogP contribution in [0.1, 0.15) is 306 Å². The van der Waals surface area contributed by atoms with Gasteiger partial charge in [-0.1, -0.05) is 310 Å². The number of benzene rings is 2. The molecule has 0 atom stereocenters. The van der Waals surface area contributed by atoms with Gasteiger partial charge in [0.1, 0.15) is 27.9 Å². The van der Waals surface area contributed by atoms with Gasteiger partial charge in [-0.05, 0) is 61.1 Å². The van der Waals surface area contributed by atoms with Crippen LogP contribution in [0.25, 0.3) is 31.5 Å². The second-order valence-electron chi connectivity index (χ2n) is 30.6. The molecule has 11 aromatic rings. The Morgan fingerprint density at radius 2 is 0.792 bits per heavy atom. The number of hydrogen-bond acceptors (Lipinski definition) is 17. The molecule has 0 aliphatic carbocycles. The summed E-state index contributed by atoms with van der Waals surface area (Å²) in [5.74, 6) is 2.91. The summed E-state index contributed by atoms with van der Waals surface area (Å²) in [6.07, 6.45) is 11.9. The Hall–Kier alpha value is -6.40. The quantitative estimate of drug-likeness (QED) is 0.141. The molecule has 2 aromatic carbocycles. The van der Waals surface area contributed by atoms with E-state index in [1.165, 1.54) is 20.1 Å². The van der Waals surface area contributed by atoms with Crippen molar-refractivity contribution < 1.29 is 13.4 Å². The minimum atomic E-state index is -0.0265. The highest BCUT2D eigenvalue weighted by molar-refractivity contribution is 7.18. The van der Waals surface area contributed by atoms with Crippen LogP contribution >= 0.6 is 45.3 Å². The van der Waals surface area contributed by atoms with Crippen molar-refractivity contribution in [2.24, 2.45) is 10.8 Å². The standard InChI is InChI=1S/C13H15N.C11H13NS.C10H12N2S.C7H12N2O.C7H11NO.C7H11NS.2C5H12.C4H5NO.C4H5NS.5C2H6.CH4/c1-13(2,3)12-9-8-10-6-4-5-7-11(10)14-12;1-11(2,3)10-12-8-6-4-5-7-9(8)13-10;1-10(2,3)9-12-7-5-4-6-11-8(7)13-9;1-5-8-6(10-9-5)7(2,3)4;2*1-7(2,3)6-8-4-5-9-6;2*1-5(2,3)4;2*1-4-5-2-3-6-4;5*1-2;/h4-9H,1-3H3;4-7H,1-3H3;4-6H,1-3H3;1-4H3;2*4-5H,1-3H3;2*1-4H3;2*2-3H,1H3;5*1-2H3;1H4. The Kier molecular flexibility index (Phi) is 52.8. The summed E-state index contributed by atoms with van der Waals surface area (Å²) in [6, 6.07) is 24.7. The third-order valence-electron chi connectivity index (χ3n) is 10.5. The summed E-state index contributed by atoms with van der Waals surface area (Å²) in [4.78, 5) is 39.1. The molecular formula is C84H142N10O3S4. The van der Waals surface area contributed by atoms with E-state index in [1.54, 1.807) is 83.4 Å². The van der Waals surface area contributed by atoms with Crippen LogP contribution < -0.4 is 0 Å². The Labute approximate surface area is 633 Å². The van der Waals surface area contributed by atoms with E-state index >= 15 is 0 Å². The Morgan fingerprint density at radius 1 is 0.347 bits per heavy atom. The molecule has 0 fully saturated rings. The highest BCUT2D eigenvalue weighted by Gasteiger charge is 2.22. The molecule has 0 spiro atoms. The fourth-order valence-corrected chi connectivity index (χ4v) is 9.30. The number of aryl methyl sites for hydroxylation is 3. The number of aromatic nitrogens is 10. The molecule has 570 valence electrons. The van der Waals surface area contributed by atoms with Gasteiger partial charge in [-0.15, -0.1) is 34.0 Å². The van der Waals surface area contributed by atoms with Crippen LogP contribution in [0.4, 0.5) is 0 Å². The van der Waals surface area contributed by atoms with E-state index in [0.717, 1.165) is 48.9 Å². The van der Waals surface area contributed by atoms with E-state index in [4.69, 9.17) is 13.4 Å². The van der Waals surface area contributed by atoms with E-state index in [1.807, 2.05) is 157 Å². The summed E-state index contributed by atoms with van der Waals surface area (Å²) >= 11 is 6.86. The fourth-order valence-electron chi connectivity index (χ4n) is 6.15. The zero-order chi connectivity index (χ0) is 78.5. The first kappa shape index (κ1) is 103. The molecule has 0 aliphatic heterocycles. The molecule has 0 saturated heterocycles. The van der Waals surface area contributed by atoms with Crippen LogP contribution in [-0.2, 0) is 32.5 Å². The van der Waals surface area contributed by atoms with Gasteiger partial charge in [-0.25, -0.2) is 29.9 Å². The normalized spacial score (nSPS) is 10.6. The Bertz CT molecular complexity index is 3390. The third-order valence-corrected chi connectivity index (χ3v) is 15.3. The van der Waals surface area contributed by atoms with Gasteiger partial charge in [-0.3, -0.25) is 9.97 Å². The van der Waals surface area contributed by atoms with Crippen molar-refractivity contribution >= 4 is 76.8 Å². The van der Waals surface area contributed by atoms with Crippen LogP contribution in [0.5, 0.6) is 0 Å². The average molecular weight is 1470 g/mol. The Morgan fingerprint density at radius 3 is 1.12 bits per heavy atom. The van der Waals surface area contributed by atoms with Gasteiger partial charge in [-0.2, -0.15) is 4.98 Å². The second-order valence-corrected chi connectivity index (χ2v) is 34.6. The van der Waals surface area contributed by atoms with Crippen molar-refractivity contribution in [3.8, 4) is 0 Å². The minimum absolute atomic E-state index is 0. The molecule has 0 saturated carbocycles. The van der Waals surface area contributed by atoms with E-state index in [2.05, 4.69) is 252 Å². The minimum Gasteiger partial charge on any atom is -0.449 e. The molecule has 0 unspecified atom stereocenters. The second kappa shape index (κ2) is 51.7. The zero-order valence-corrected chi connectivity index (χ0v) is 73.2. The van der Waals surface area contributed by atoms with Gasteiger partial charge in [0, 0.05) is 79.8 Å². The number of thiazole rings is 4. The Balaban J connectivity index is -0.000000338. The summed E-state index contributed by atoms with van der Waals surface area (Å²) in [5.41, 5.74) is 6.05. The van der Waals surface area contributed by atoms with Gasteiger partial charge in [0.15, 0.2) is 17.6 Å². The molecule has 13 nitrogen and oxygen atoms in total. The third kappa shape index (κ3) is 50.6. The van der Waals surface area contributed by atoms with Gasteiger partial charge in [0.2, 0.25) is 5.89 Å². The van der Waals surface area contributed by atoms with E-state index in [-0.39, 0.29) is 39.9 Å². The first-order valence-corrected chi connectivity index (χ1v) is 38.9. The number of fused-ring (bicyclic) bond motifs is 3. The van der Waals surface area contributed by atoms with Gasteiger partial charge >= 0.3 is 0 Å². The molecule has 0 N–H and O–H groups in total. The molecule has 17 heteroatoms. The van der Waals surface area contributed by atoms with Crippen molar-refractivity contribution in [2.45, 2.75) is 310 Å². The van der Waals surface area contributed by atoms with Crippen molar-refractivity contribution in [1.82, 2.24) is 50.0 Å². The topological polar surface area (TPSA) is 168 Å². The van der Waals surface area contributed by atoms with Crippen LogP contribution in [0.3, 0.4) is 0 Å². The summed E-state index contributed by atoms with van der Waals surface area (Å²) in [5, 5.41) is 13.6. The maximum Gasteiger partial charge on any atom is 0.232 e. The summed E-state index contributed by atoms with van der Waals surface area (Å²) in [7, 11) is 0. The predicted molar refractivity (Wildman–Crippen MR) is 450 cm³/mol. The number of hydrogen-bond donors (Lipinski definition) is 0. The van der Waals surface area contributed by atoms with Crippen molar-refractivity contribution in [3.63, 3.8) is 0 Å². The average Bonchev–Trinajstić information content (AvgIpc) is 1.81. The van der Waals surface area contributed by atoms with Crippen LogP contribution in [0.2, 0.25) is 0 Å². The summed E-state index contributed by atoms with van der Waals surface area (Å²) < 4.78 is 16.1. The van der Waals surface area contributed by atoms with Crippen LogP contribution in [0.15, 0.2) is 140 Å². The lowest BCUT2D eigenvalue weighted by molar-refractivity contribution is 0.319. The number of rotatable bonds is 0. The smallest absolute Gasteiger partial charge is 0.232 e. The lowest BCUT2D eigenvalue weighted by Gasteiger charge is -2.17. The summed E-state index contributed by atoms with van der Waals surface area (Å²) in [6.45, 7) is 81.6. The van der Waals surface area contributed by atoms with Crippen LogP contribution in [-0.4, -0.2) is 50.0 Å². The molecule has 0 aliphatic rings. The monoisotopic (exact) mass is 1470 g/mol. The van der Waals surface area contributed by atoms with Gasteiger partial charge in [0.25, 0.3) is 0 Å². The van der Waals surface area contributed by atoms with E-state index in [0.29, 0.717) is 22.5 Å². The van der Waals surface area contributed by atoms with Crippen molar-refractivity contribution in [1.29, 1.82) is 0 Å². The van der Waals surface area contributed by atoms with E-state index in [9.17, 15) is 0 Å².